The van der Waals surface area contributed by atoms with E-state index >= 15 is 0 Å². The molecule has 0 aliphatic carbocycles. The maximum atomic E-state index is 12.7. The minimum absolute atomic E-state index is 0.117. The highest BCUT2D eigenvalue weighted by molar-refractivity contribution is 6.39. The van der Waals surface area contributed by atoms with Gasteiger partial charge in [0.25, 0.3) is 5.69 Å². The second-order valence-corrected chi connectivity index (χ2v) is 6.24. The molecule has 0 saturated heterocycles. The Morgan fingerprint density at radius 1 is 1.03 bits per heavy atom. The van der Waals surface area contributed by atoms with Crippen LogP contribution in [-0.4, -0.2) is 23.0 Å². The van der Waals surface area contributed by atoms with E-state index in [1.54, 1.807) is 6.07 Å². The van der Waals surface area contributed by atoms with Crippen molar-refractivity contribution in [2.24, 2.45) is 5.10 Å². The van der Waals surface area contributed by atoms with Gasteiger partial charge in [0.15, 0.2) is 0 Å². The van der Waals surface area contributed by atoms with E-state index in [1.165, 1.54) is 36.4 Å². The number of alkyl halides is 3. The number of furan rings is 1. The van der Waals surface area contributed by atoms with Crippen LogP contribution in [0.5, 0.6) is 0 Å². The number of carbonyl (C=O) groups is 2. The van der Waals surface area contributed by atoms with Gasteiger partial charge < -0.3 is 9.73 Å². The van der Waals surface area contributed by atoms with Crippen molar-refractivity contribution in [3.63, 3.8) is 0 Å². The Morgan fingerprint density at radius 3 is 2.50 bits per heavy atom. The predicted molar refractivity (Wildman–Crippen MR) is 107 cm³/mol. The molecular formula is C20H13F3N4O5. The number of nitrogens with one attached hydrogen (secondary N) is 2. The van der Waals surface area contributed by atoms with E-state index < -0.39 is 28.5 Å². The maximum Gasteiger partial charge on any atom is 0.416 e. The number of nitro groups is 1. The summed E-state index contributed by atoms with van der Waals surface area (Å²) in [7, 11) is 0. The number of nitro benzene ring substituents is 1. The molecule has 32 heavy (non-hydrogen) atoms. The predicted octanol–water partition coefficient (Wildman–Crippen LogP) is 3.96. The molecule has 2 amide bonds. The van der Waals surface area contributed by atoms with E-state index in [0.717, 1.165) is 18.3 Å². The van der Waals surface area contributed by atoms with Crippen LogP contribution in [-0.2, 0) is 15.8 Å². The van der Waals surface area contributed by atoms with Crippen LogP contribution in [0.3, 0.4) is 0 Å². The molecule has 0 atom stereocenters. The number of amides is 2. The van der Waals surface area contributed by atoms with Crippen molar-refractivity contribution in [1.82, 2.24) is 5.43 Å². The van der Waals surface area contributed by atoms with Gasteiger partial charge in [-0.1, -0.05) is 18.2 Å². The first-order chi connectivity index (χ1) is 15.1. The molecule has 1 heterocycles. The monoisotopic (exact) mass is 446 g/mol. The van der Waals surface area contributed by atoms with E-state index in [4.69, 9.17) is 4.42 Å². The molecule has 9 nitrogen and oxygen atoms in total. The van der Waals surface area contributed by atoms with Crippen molar-refractivity contribution in [2.75, 3.05) is 5.32 Å². The third-order valence-corrected chi connectivity index (χ3v) is 3.98. The van der Waals surface area contributed by atoms with E-state index in [9.17, 15) is 32.9 Å². The molecule has 0 aliphatic rings. The van der Waals surface area contributed by atoms with Crippen LogP contribution >= 0.6 is 0 Å². The third kappa shape index (κ3) is 5.56. The van der Waals surface area contributed by atoms with E-state index in [-0.39, 0.29) is 17.1 Å². The largest absolute Gasteiger partial charge is 0.455 e. The molecule has 12 heteroatoms. The summed E-state index contributed by atoms with van der Waals surface area (Å²) in [5.41, 5.74) is 1.05. The molecule has 0 spiro atoms. The zero-order valence-electron chi connectivity index (χ0n) is 15.9. The SMILES string of the molecule is O=C(N/N=C/c1ccc(-c2cccc([N+](=O)[O-])c2)o1)C(=O)Nc1cccc(C(F)(F)F)c1. The molecule has 0 unspecified atom stereocenters. The van der Waals surface area contributed by atoms with Gasteiger partial charge in [-0.25, -0.2) is 5.43 Å². The number of anilines is 1. The van der Waals surface area contributed by atoms with Crippen molar-refractivity contribution in [3.8, 4) is 11.3 Å². The standard InChI is InChI=1S/C20H13F3N4O5/c21-20(22,23)13-4-2-5-14(10-13)25-18(28)19(29)26-24-11-16-7-8-17(32-16)12-3-1-6-15(9-12)27(30)31/h1-11H,(H,25,28)(H,26,29)/b24-11+. The van der Waals surface area contributed by atoms with Crippen LogP contribution < -0.4 is 10.7 Å². The fourth-order valence-corrected chi connectivity index (χ4v) is 2.52. The highest BCUT2D eigenvalue weighted by Gasteiger charge is 2.30. The lowest BCUT2D eigenvalue weighted by atomic mass is 10.1. The first kappa shape index (κ1) is 22.2. The summed E-state index contributed by atoms with van der Waals surface area (Å²) in [6.07, 6.45) is -3.52. The molecule has 1 aromatic heterocycles. The summed E-state index contributed by atoms with van der Waals surface area (Å²) in [4.78, 5) is 33.9. The van der Waals surface area contributed by atoms with E-state index in [1.807, 2.05) is 10.7 Å². The summed E-state index contributed by atoms with van der Waals surface area (Å²) < 4.78 is 43.6. The summed E-state index contributed by atoms with van der Waals surface area (Å²) in [6.45, 7) is 0. The Labute approximate surface area is 177 Å². The number of rotatable bonds is 5. The molecule has 0 bridgehead atoms. The normalized spacial score (nSPS) is 11.3. The van der Waals surface area contributed by atoms with Gasteiger partial charge in [-0.15, -0.1) is 0 Å². The van der Waals surface area contributed by atoms with Crippen LogP contribution in [0.1, 0.15) is 11.3 Å². The minimum atomic E-state index is -4.60. The zero-order valence-corrected chi connectivity index (χ0v) is 15.9. The Bertz CT molecular complexity index is 1200. The van der Waals surface area contributed by atoms with Gasteiger partial charge in [-0.05, 0) is 30.3 Å². The van der Waals surface area contributed by atoms with Gasteiger partial charge in [0.2, 0.25) is 0 Å². The number of non-ortho nitro benzene ring substituents is 1. The Balaban J connectivity index is 1.59. The quantitative estimate of drug-likeness (QED) is 0.265. The van der Waals surface area contributed by atoms with Gasteiger partial charge in [-0.2, -0.15) is 18.3 Å². The van der Waals surface area contributed by atoms with Crippen LogP contribution in [0.15, 0.2) is 70.2 Å². The lowest BCUT2D eigenvalue weighted by Crippen LogP contribution is -2.32. The van der Waals surface area contributed by atoms with Crippen LogP contribution in [0.4, 0.5) is 24.5 Å². The summed E-state index contributed by atoms with van der Waals surface area (Å²) in [5.74, 6) is -1.96. The van der Waals surface area contributed by atoms with E-state index in [0.29, 0.717) is 17.4 Å². The number of hydrazone groups is 1. The molecule has 2 N–H and O–H groups in total. The lowest BCUT2D eigenvalue weighted by molar-refractivity contribution is -0.384. The van der Waals surface area contributed by atoms with Gasteiger partial charge in [0.05, 0.1) is 16.7 Å². The van der Waals surface area contributed by atoms with Gasteiger partial charge in [0.1, 0.15) is 11.5 Å². The molecule has 2 aromatic carbocycles. The smallest absolute Gasteiger partial charge is 0.416 e. The van der Waals surface area contributed by atoms with Crippen LogP contribution in [0, 0.1) is 10.1 Å². The molecule has 0 aliphatic heterocycles. The second-order valence-electron chi connectivity index (χ2n) is 6.24. The highest BCUT2D eigenvalue weighted by atomic mass is 19.4. The van der Waals surface area contributed by atoms with Crippen molar-refractivity contribution >= 4 is 29.4 Å². The van der Waals surface area contributed by atoms with Crippen molar-refractivity contribution in [1.29, 1.82) is 0 Å². The first-order valence-corrected chi connectivity index (χ1v) is 8.80. The molecule has 0 radical (unpaired) electrons. The number of hydrogen-bond donors (Lipinski definition) is 2. The van der Waals surface area contributed by atoms with Crippen LogP contribution in [0.2, 0.25) is 0 Å². The molecule has 3 aromatic rings. The Morgan fingerprint density at radius 2 is 1.78 bits per heavy atom. The highest BCUT2D eigenvalue weighted by Crippen LogP contribution is 2.30. The van der Waals surface area contributed by atoms with E-state index in [2.05, 4.69) is 5.10 Å². The molecule has 164 valence electrons. The third-order valence-electron chi connectivity index (χ3n) is 3.98. The number of nitrogens with zero attached hydrogens (tertiary/aromatic N) is 2. The Hall–Kier alpha value is -4.48. The number of halogens is 3. The summed E-state index contributed by atoms with van der Waals surface area (Å²) in [6, 6.07) is 12.5. The number of benzene rings is 2. The molecular weight excluding hydrogens is 433 g/mol. The average Bonchev–Trinajstić information content (AvgIpc) is 3.22. The summed E-state index contributed by atoms with van der Waals surface area (Å²) >= 11 is 0. The summed E-state index contributed by atoms with van der Waals surface area (Å²) in [5, 5.41) is 16.4. The maximum absolute atomic E-state index is 12.7. The molecule has 0 fully saturated rings. The number of hydrogen-bond acceptors (Lipinski definition) is 6. The van der Waals surface area contributed by atoms with Crippen molar-refractivity contribution < 1.29 is 32.1 Å². The van der Waals surface area contributed by atoms with Crippen molar-refractivity contribution in [3.05, 3.63) is 82.1 Å². The van der Waals surface area contributed by atoms with Crippen molar-refractivity contribution in [2.45, 2.75) is 6.18 Å². The van der Waals surface area contributed by atoms with Gasteiger partial charge in [-0.3, -0.25) is 19.7 Å². The lowest BCUT2D eigenvalue weighted by Gasteiger charge is -2.09. The molecule has 3 rings (SSSR count). The fourth-order valence-electron chi connectivity index (χ4n) is 2.52. The average molecular weight is 446 g/mol. The number of carbonyl (C=O) groups excluding carboxylic acids is 2. The Kier molecular flexibility index (Phi) is 6.33. The van der Waals surface area contributed by atoms with Crippen LogP contribution in [0.25, 0.3) is 11.3 Å². The first-order valence-electron chi connectivity index (χ1n) is 8.80. The zero-order chi connectivity index (χ0) is 23.3. The van der Waals surface area contributed by atoms with Gasteiger partial charge >= 0.3 is 18.0 Å². The topological polar surface area (TPSA) is 127 Å². The fraction of sp³-hybridized carbons (Fsp3) is 0.0500. The molecule has 0 saturated carbocycles. The van der Waals surface area contributed by atoms with Gasteiger partial charge in [0, 0.05) is 23.4 Å². The second kappa shape index (κ2) is 9.12. The minimum Gasteiger partial charge on any atom is -0.455 e.